The minimum absolute atomic E-state index is 0.00946. The first-order chi connectivity index (χ1) is 10.5. The molecule has 1 aromatic heterocycles. The number of nitrogen functional groups attached to an aromatic ring is 1. The average molecular weight is 319 g/mol. The van der Waals surface area contributed by atoms with E-state index in [2.05, 4.69) is 9.97 Å². The van der Waals surface area contributed by atoms with Crippen molar-refractivity contribution in [1.82, 2.24) is 9.97 Å². The standard InChI is InChI=1S/C15H17N3O3S/c1-3-21-12-5-4-10(9(2)19)6-11(12)8-22-15-17-13(16)7-14(20)18-15/h4-7H,3,8H2,1-2H3,(H3,16,17,18,20). The molecule has 0 aliphatic rings. The van der Waals surface area contributed by atoms with Crippen molar-refractivity contribution in [3.63, 3.8) is 0 Å². The molecule has 0 bridgehead atoms. The summed E-state index contributed by atoms with van der Waals surface area (Å²) in [5.74, 6) is 1.38. The summed E-state index contributed by atoms with van der Waals surface area (Å²) < 4.78 is 5.57. The van der Waals surface area contributed by atoms with Crippen molar-refractivity contribution in [3.8, 4) is 5.75 Å². The number of ketones is 1. The van der Waals surface area contributed by atoms with E-state index in [4.69, 9.17) is 10.5 Å². The molecule has 116 valence electrons. The van der Waals surface area contributed by atoms with Gasteiger partial charge in [0.15, 0.2) is 10.9 Å². The quantitative estimate of drug-likeness (QED) is 0.481. The van der Waals surface area contributed by atoms with Gasteiger partial charge in [0.2, 0.25) is 0 Å². The Morgan fingerprint density at radius 1 is 1.41 bits per heavy atom. The number of H-pyrrole nitrogens is 1. The van der Waals surface area contributed by atoms with Gasteiger partial charge in [-0.15, -0.1) is 0 Å². The van der Waals surface area contributed by atoms with E-state index >= 15 is 0 Å². The first kappa shape index (κ1) is 16.1. The molecular formula is C15H17N3O3S. The van der Waals surface area contributed by atoms with Crippen molar-refractivity contribution in [2.45, 2.75) is 24.8 Å². The van der Waals surface area contributed by atoms with Gasteiger partial charge in [0.1, 0.15) is 11.6 Å². The van der Waals surface area contributed by atoms with Crippen LogP contribution in [0.5, 0.6) is 5.75 Å². The van der Waals surface area contributed by atoms with Crippen LogP contribution in [-0.4, -0.2) is 22.4 Å². The second-order valence-corrected chi connectivity index (χ2v) is 5.54. The van der Waals surface area contributed by atoms with Gasteiger partial charge in [-0.2, -0.15) is 0 Å². The van der Waals surface area contributed by atoms with Crippen LogP contribution in [0.1, 0.15) is 29.8 Å². The van der Waals surface area contributed by atoms with E-state index in [9.17, 15) is 9.59 Å². The molecule has 0 saturated heterocycles. The Kier molecular flexibility index (Phi) is 5.21. The molecule has 22 heavy (non-hydrogen) atoms. The van der Waals surface area contributed by atoms with Gasteiger partial charge in [-0.3, -0.25) is 9.59 Å². The molecule has 0 radical (unpaired) electrons. The highest BCUT2D eigenvalue weighted by molar-refractivity contribution is 7.98. The number of benzene rings is 1. The zero-order valence-electron chi connectivity index (χ0n) is 12.4. The molecule has 1 heterocycles. The molecule has 0 amide bonds. The van der Waals surface area contributed by atoms with Crippen molar-refractivity contribution in [3.05, 3.63) is 45.7 Å². The molecule has 3 N–H and O–H groups in total. The Morgan fingerprint density at radius 3 is 2.82 bits per heavy atom. The maximum Gasteiger partial charge on any atom is 0.253 e. The summed E-state index contributed by atoms with van der Waals surface area (Å²) in [7, 11) is 0. The van der Waals surface area contributed by atoms with Crippen LogP contribution in [0.3, 0.4) is 0 Å². The third-order valence-corrected chi connectivity index (χ3v) is 3.79. The van der Waals surface area contributed by atoms with Gasteiger partial charge in [0.25, 0.3) is 5.56 Å². The summed E-state index contributed by atoms with van der Waals surface area (Å²) in [4.78, 5) is 29.6. The Balaban J connectivity index is 2.24. The smallest absolute Gasteiger partial charge is 0.253 e. The van der Waals surface area contributed by atoms with E-state index in [1.165, 1.54) is 24.8 Å². The third kappa shape index (κ3) is 4.11. The molecule has 0 aliphatic heterocycles. The summed E-state index contributed by atoms with van der Waals surface area (Å²) in [5, 5.41) is 0.431. The van der Waals surface area contributed by atoms with E-state index in [0.717, 1.165) is 5.56 Å². The highest BCUT2D eigenvalue weighted by atomic mass is 32.2. The fourth-order valence-corrected chi connectivity index (χ4v) is 2.74. The first-order valence-corrected chi connectivity index (χ1v) is 7.74. The molecular weight excluding hydrogens is 302 g/mol. The summed E-state index contributed by atoms with van der Waals surface area (Å²) >= 11 is 1.32. The zero-order valence-corrected chi connectivity index (χ0v) is 13.2. The van der Waals surface area contributed by atoms with Gasteiger partial charge in [-0.25, -0.2) is 4.98 Å². The number of rotatable bonds is 6. The summed E-state index contributed by atoms with van der Waals surface area (Å²) in [6, 6.07) is 6.55. The number of ether oxygens (including phenoxy) is 1. The van der Waals surface area contributed by atoms with E-state index in [-0.39, 0.29) is 17.2 Å². The van der Waals surface area contributed by atoms with Crippen molar-refractivity contribution >= 4 is 23.4 Å². The molecule has 0 atom stereocenters. The topological polar surface area (TPSA) is 98.1 Å². The number of nitrogens with zero attached hydrogens (tertiary/aromatic N) is 1. The molecule has 7 heteroatoms. The maximum absolute atomic E-state index is 11.5. The Labute approximate surface area is 132 Å². The van der Waals surface area contributed by atoms with Crippen molar-refractivity contribution < 1.29 is 9.53 Å². The lowest BCUT2D eigenvalue weighted by Gasteiger charge is -2.11. The van der Waals surface area contributed by atoms with Crippen LogP contribution < -0.4 is 16.0 Å². The number of hydrogen-bond acceptors (Lipinski definition) is 6. The summed E-state index contributed by atoms with van der Waals surface area (Å²) in [6.07, 6.45) is 0. The van der Waals surface area contributed by atoms with Crippen molar-refractivity contribution in [2.24, 2.45) is 0 Å². The predicted octanol–water partition coefficient (Wildman–Crippen LogP) is 2.25. The number of Topliss-reactive ketones (excluding diaryl/α,β-unsaturated/α-hetero) is 1. The van der Waals surface area contributed by atoms with Crippen LogP contribution in [0.15, 0.2) is 34.2 Å². The third-order valence-electron chi connectivity index (χ3n) is 2.87. The maximum atomic E-state index is 11.5. The minimum atomic E-state index is -0.294. The van der Waals surface area contributed by atoms with Gasteiger partial charge in [-0.05, 0) is 32.0 Å². The van der Waals surface area contributed by atoms with Gasteiger partial charge >= 0.3 is 0 Å². The second kappa shape index (κ2) is 7.13. The number of carbonyl (C=O) groups is 1. The molecule has 0 spiro atoms. The van der Waals surface area contributed by atoms with Crippen LogP contribution in [-0.2, 0) is 5.75 Å². The van der Waals surface area contributed by atoms with Crippen LogP contribution in [0.2, 0.25) is 0 Å². The van der Waals surface area contributed by atoms with E-state index in [1.807, 2.05) is 6.92 Å². The average Bonchev–Trinajstić information content (AvgIpc) is 2.45. The Bertz CT molecular complexity index is 743. The van der Waals surface area contributed by atoms with Crippen LogP contribution >= 0.6 is 11.8 Å². The number of nitrogens with one attached hydrogen (secondary N) is 1. The molecule has 1 aromatic carbocycles. The van der Waals surface area contributed by atoms with Gasteiger partial charge in [-0.1, -0.05) is 11.8 Å². The summed E-state index contributed by atoms with van der Waals surface area (Å²) in [6.45, 7) is 3.95. The second-order valence-electron chi connectivity index (χ2n) is 4.58. The summed E-state index contributed by atoms with van der Waals surface area (Å²) in [5.41, 5.74) is 6.75. The molecule has 0 fully saturated rings. The number of anilines is 1. The molecule has 0 unspecified atom stereocenters. The lowest BCUT2D eigenvalue weighted by atomic mass is 10.1. The molecule has 0 aliphatic carbocycles. The molecule has 0 saturated carbocycles. The lowest BCUT2D eigenvalue weighted by Crippen LogP contribution is -2.09. The number of aromatic nitrogens is 2. The first-order valence-electron chi connectivity index (χ1n) is 6.76. The molecule has 6 nitrogen and oxygen atoms in total. The van der Waals surface area contributed by atoms with E-state index in [0.29, 0.717) is 28.8 Å². The van der Waals surface area contributed by atoms with Gasteiger partial charge in [0, 0.05) is 22.9 Å². The largest absolute Gasteiger partial charge is 0.494 e. The lowest BCUT2D eigenvalue weighted by molar-refractivity contribution is 0.101. The van der Waals surface area contributed by atoms with Crippen molar-refractivity contribution in [2.75, 3.05) is 12.3 Å². The Morgan fingerprint density at radius 2 is 2.18 bits per heavy atom. The number of nitrogens with two attached hydrogens (primary N) is 1. The number of thioether (sulfide) groups is 1. The van der Waals surface area contributed by atoms with Crippen LogP contribution in [0.4, 0.5) is 5.82 Å². The fourth-order valence-electron chi connectivity index (χ4n) is 1.88. The zero-order chi connectivity index (χ0) is 16.1. The van der Waals surface area contributed by atoms with Gasteiger partial charge < -0.3 is 15.5 Å². The molecule has 2 rings (SSSR count). The number of aromatic amines is 1. The Hall–Kier alpha value is -2.28. The monoisotopic (exact) mass is 319 g/mol. The van der Waals surface area contributed by atoms with Crippen LogP contribution in [0.25, 0.3) is 0 Å². The normalized spacial score (nSPS) is 10.5. The van der Waals surface area contributed by atoms with E-state index < -0.39 is 0 Å². The SMILES string of the molecule is CCOc1ccc(C(C)=O)cc1CSc1nc(N)cc(=O)[nH]1. The van der Waals surface area contributed by atoms with Crippen LogP contribution in [0, 0.1) is 0 Å². The van der Waals surface area contributed by atoms with Gasteiger partial charge in [0.05, 0.1) is 6.61 Å². The van der Waals surface area contributed by atoms with E-state index in [1.54, 1.807) is 18.2 Å². The minimum Gasteiger partial charge on any atom is -0.494 e. The number of carbonyl (C=O) groups excluding carboxylic acids is 1. The predicted molar refractivity (Wildman–Crippen MR) is 86.4 cm³/mol. The highest BCUT2D eigenvalue weighted by Gasteiger charge is 2.09. The number of hydrogen-bond donors (Lipinski definition) is 2. The van der Waals surface area contributed by atoms with Crippen molar-refractivity contribution in [1.29, 1.82) is 0 Å². The highest BCUT2D eigenvalue weighted by Crippen LogP contribution is 2.27. The fraction of sp³-hybridized carbons (Fsp3) is 0.267. The molecule has 2 aromatic rings.